The lowest BCUT2D eigenvalue weighted by atomic mass is 10.2. The number of aromatic nitrogens is 2. The van der Waals surface area contributed by atoms with Gasteiger partial charge in [0.2, 0.25) is 0 Å². The number of likely N-dealkylation sites (tertiary alicyclic amines) is 1. The molecule has 1 aliphatic heterocycles. The van der Waals surface area contributed by atoms with E-state index >= 15 is 0 Å². The third-order valence-electron chi connectivity index (χ3n) is 3.28. The van der Waals surface area contributed by atoms with Gasteiger partial charge in [-0.15, -0.1) is 0 Å². The fraction of sp³-hybridized carbons (Fsp3) is 0.600. The van der Waals surface area contributed by atoms with Crippen LogP contribution in [0.5, 0.6) is 0 Å². The minimum atomic E-state index is -3.88. The fourth-order valence-electron chi connectivity index (χ4n) is 2.15. The van der Waals surface area contributed by atoms with E-state index in [2.05, 4.69) is 19.8 Å². The number of hydrogen-bond acceptors (Lipinski definition) is 5. The topological polar surface area (TPSA) is 115 Å². The number of carboxylic acid groups (broad SMARTS) is 1. The second kappa shape index (κ2) is 5.27. The van der Waals surface area contributed by atoms with E-state index in [4.69, 9.17) is 5.11 Å². The van der Waals surface area contributed by atoms with Crippen molar-refractivity contribution in [3.63, 3.8) is 0 Å². The molecule has 1 saturated heterocycles. The lowest BCUT2D eigenvalue weighted by Gasteiger charge is -2.19. The number of sulfonamides is 1. The van der Waals surface area contributed by atoms with Crippen LogP contribution in [-0.2, 0) is 10.0 Å². The number of aromatic carboxylic acids is 1. The zero-order chi connectivity index (χ0) is 14.0. The van der Waals surface area contributed by atoms with Gasteiger partial charge in [0.1, 0.15) is 5.56 Å². The zero-order valence-electron chi connectivity index (χ0n) is 10.5. The Labute approximate surface area is 110 Å². The van der Waals surface area contributed by atoms with Crippen molar-refractivity contribution in [3.8, 4) is 0 Å². The first-order chi connectivity index (χ1) is 8.92. The normalized spacial score (nSPS) is 20.8. The van der Waals surface area contributed by atoms with Gasteiger partial charge in [0.05, 0.1) is 6.20 Å². The zero-order valence-corrected chi connectivity index (χ0v) is 11.3. The summed E-state index contributed by atoms with van der Waals surface area (Å²) in [7, 11) is -1.94. The summed E-state index contributed by atoms with van der Waals surface area (Å²) in [5, 5.41) is 14.2. The van der Waals surface area contributed by atoms with Crippen molar-refractivity contribution in [1.82, 2.24) is 19.8 Å². The standard InChI is InChI=1S/C10H16N4O4S/c1-14-4-2-3-7(14)5-12-19(17,18)9-8(10(15)16)6-11-13-9/h6-7,12H,2-5H2,1H3,(H,11,13)(H,15,16). The van der Waals surface area contributed by atoms with Gasteiger partial charge in [-0.1, -0.05) is 0 Å². The molecule has 3 N–H and O–H groups in total. The largest absolute Gasteiger partial charge is 0.478 e. The smallest absolute Gasteiger partial charge is 0.340 e. The number of hydrogen-bond donors (Lipinski definition) is 3. The molecule has 9 heteroatoms. The van der Waals surface area contributed by atoms with Gasteiger partial charge >= 0.3 is 5.97 Å². The highest BCUT2D eigenvalue weighted by atomic mass is 32.2. The maximum Gasteiger partial charge on any atom is 0.340 e. The molecule has 0 radical (unpaired) electrons. The highest BCUT2D eigenvalue weighted by molar-refractivity contribution is 7.89. The molecule has 0 spiro atoms. The first kappa shape index (κ1) is 14.0. The summed E-state index contributed by atoms with van der Waals surface area (Å²) in [6, 6.07) is 0.144. The summed E-state index contributed by atoms with van der Waals surface area (Å²) in [5.41, 5.74) is -0.354. The Morgan fingerprint density at radius 1 is 1.68 bits per heavy atom. The van der Waals surface area contributed by atoms with Gasteiger partial charge in [-0.25, -0.2) is 17.9 Å². The SMILES string of the molecule is CN1CCCC1CNS(=O)(=O)c1[nH]ncc1C(=O)O. The van der Waals surface area contributed by atoms with Crippen LogP contribution in [0, 0.1) is 0 Å². The molecule has 0 aliphatic carbocycles. The molecule has 2 heterocycles. The van der Waals surface area contributed by atoms with Gasteiger partial charge in [-0.3, -0.25) is 5.10 Å². The summed E-state index contributed by atoms with van der Waals surface area (Å²) in [6.07, 6.45) is 2.94. The van der Waals surface area contributed by atoms with E-state index < -0.39 is 21.0 Å². The quantitative estimate of drug-likeness (QED) is 0.671. The van der Waals surface area contributed by atoms with E-state index in [-0.39, 0.29) is 18.2 Å². The Balaban J connectivity index is 2.10. The monoisotopic (exact) mass is 288 g/mol. The average molecular weight is 288 g/mol. The number of likely N-dealkylation sites (N-methyl/N-ethyl adjacent to an activating group) is 1. The molecular weight excluding hydrogens is 272 g/mol. The molecule has 0 bridgehead atoms. The van der Waals surface area contributed by atoms with Crippen LogP contribution in [0.3, 0.4) is 0 Å². The summed E-state index contributed by atoms with van der Waals surface area (Å²) in [5.74, 6) is -1.33. The number of rotatable bonds is 5. The van der Waals surface area contributed by atoms with E-state index in [9.17, 15) is 13.2 Å². The number of carbonyl (C=O) groups is 1. The first-order valence-corrected chi connectivity index (χ1v) is 7.36. The summed E-state index contributed by atoms with van der Waals surface area (Å²) < 4.78 is 26.5. The van der Waals surface area contributed by atoms with Crippen LogP contribution in [-0.4, -0.2) is 60.8 Å². The van der Waals surface area contributed by atoms with E-state index in [0.29, 0.717) is 0 Å². The van der Waals surface area contributed by atoms with Crippen LogP contribution in [0.1, 0.15) is 23.2 Å². The third kappa shape index (κ3) is 2.94. The van der Waals surface area contributed by atoms with Gasteiger partial charge in [0.15, 0.2) is 5.03 Å². The molecule has 8 nitrogen and oxygen atoms in total. The predicted octanol–water partition coefficient (Wildman–Crippen LogP) is -0.520. The fourth-order valence-corrected chi connectivity index (χ4v) is 3.31. The van der Waals surface area contributed by atoms with Crippen molar-refractivity contribution >= 4 is 16.0 Å². The van der Waals surface area contributed by atoms with Gasteiger partial charge in [0.25, 0.3) is 10.0 Å². The Hall–Kier alpha value is -1.45. The van der Waals surface area contributed by atoms with Crippen LogP contribution >= 0.6 is 0 Å². The molecule has 1 aliphatic rings. The second-order valence-corrected chi connectivity index (χ2v) is 6.25. The minimum Gasteiger partial charge on any atom is -0.478 e. The second-order valence-electron chi connectivity index (χ2n) is 4.55. The maximum atomic E-state index is 12.0. The Morgan fingerprint density at radius 2 is 2.42 bits per heavy atom. The van der Waals surface area contributed by atoms with Crippen molar-refractivity contribution in [2.45, 2.75) is 23.9 Å². The maximum absolute atomic E-state index is 12.0. The number of aromatic amines is 1. The Kier molecular flexibility index (Phi) is 3.88. The molecular formula is C10H16N4O4S. The van der Waals surface area contributed by atoms with Crippen molar-refractivity contribution in [3.05, 3.63) is 11.8 Å². The first-order valence-electron chi connectivity index (χ1n) is 5.88. The molecule has 0 aromatic carbocycles. The van der Waals surface area contributed by atoms with Crippen molar-refractivity contribution in [1.29, 1.82) is 0 Å². The summed E-state index contributed by atoms with van der Waals surface area (Å²) >= 11 is 0. The van der Waals surface area contributed by atoms with Crippen molar-refractivity contribution in [2.24, 2.45) is 0 Å². The average Bonchev–Trinajstić information content (AvgIpc) is 2.95. The summed E-state index contributed by atoms with van der Waals surface area (Å²) in [4.78, 5) is 13.0. The number of nitrogens with zero attached hydrogens (tertiary/aromatic N) is 2. The van der Waals surface area contributed by atoms with Crippen LogP contribution in [0.25, 0.3) is 0 Å². The Morgan fingerprint density at radius 3 is 3.00 bits per heavy atom. The molecule has 1 aromatic heterocycles. The number of H-pyrrole nitrogens is 1. The number of carboxylic acids is 1. The molecule has 1 fully saturated rings. The van der Waals surface area contributed by atoms with E-state index in [1.54, 1.807) is 0 Å². The molecule has 1 aromatic rings. The molecule has 0 saturated carbocycles. The van der Waals surface area contributed by atoms with Crippen molar-refractivity contribution in [2.75, 3.05) is 20.1 Å². The molecule has 106 valence electrons. The van der Waals surface area contributed by atoms with E-state index in [1.807, 2.05) is 7.05 Å². The van der Waals surface area contributed by atoms with E-state index in [0.717, 1.165) is 25.6 Å². The van der Waals surface area contributed by atoms with Crippen LogP contribution in [0.2, 0.25) is 0 Å². The molecule has 19 heavy (non-hydrogen) atoms. The van der Waals surface area contributed by atoms with Gasteiger partial charge in [-0.2, -0.15) is 5.10 Å². The molecule has 0 amide bonds. The van der Waals surface area contributed by atoms with Gasteiger partial charge in [-0.05, 0) is 26.4 Å². The van der Waals surface area contributed by atoms with Crippen LogP contribution in [0.15, 0.2) is 11.2 Å². The van der Waals surface area contributed by atoms with Crippen molar-refractivity contribution < 1.29 is 18.3 Å². The van der Waals surface area contributed by atoms with Crippen LogP contribution in [0.4, 0.5) is 0 Å². The number of nitrogens with one attached hydrogen (secondary N) is 2. The Bertz CT molecular complexity index is 568. The highest BCUT2D eigenvalue weighted by Gasteiger charge is 2.27. The molecule has 1 atom stereocenters. The lowest BCUT2D eigenvalue weighted by molar-refractivity contribution is 0.0692. The molecule has 1 unspecified atom stereocenters. The van der Waals surface area contributed by atoms with Crippen LogP contribution < -0.4 is 4.72 Å². The summed E-state index contributed by atoms with van der Waals surface area (Å²) in [6.45, 7) is 1.20. The van der Waals surface area contributed by atoms with E-state index in [1.165, 1.54) is 0 Å². The predicted molar refractivity (Wildman–Crippen MR) is 66.4 cm³/mol. The van der Waals surface area contributed by atoms with Gasteiger partial charge in [0, 0.05) is 12.6 Å². The highest BCUT2D eigenvalue weighted by Crippen LogP contribution is 2.16. The van der Waals surface area contributed by atoms with Gasteiger partial charge < -0.3 is 10.0 Å². The lowest BCUT2D eigenvalue weighted by Crippen LogP contribution is -2.38. The molecule has 2 rings (SSSR count). The third-order valence-corrected chi connectivity index (χ3v) is 4.68. The minimum absolute atomic E-state index is 0.144.